The summed E-state index contributed by atoms with van der Waals surface area (Å²) in [6, 6.07) is 3.92. The Bertz CT molecular complexity index is 803. The van der Waals surface area contributed by atoms with E-state index >= 15 is 0 Å². The number of methoxy groups -OCH3 is 2. The van der Waals surface area contributed by atoms with Crippen LogP contribution >= 0.6 is 11.6 Å². The Morgan fingerprint density at radius 3 is 2.62 bits per heavy atom. The van der Waals surface area contributed by atoms with Crippen LogP contribution in [-0.2, 0) is 23.9 Å². The molecular formula is C16H14ClNO8. The van der Waals surface area contributed by atoms with E-state index in [-0.39, 0.29) is 21.9 Å². The van der Waals surface area contributed by atoms with Crippen molar-refractivity contribution < 1.29 is 38.5 Å². The number of aliphatic hydroxyl groups is 1. The maximum Gasteiger partial charge on any atom is 0.362 e. The second-order valence-corrected chi connectivity index (χ2v) is 5.48. The number of amides is 1. The van der Waals surface area contributed by atoms with Crippen molar-refractivity contribution in [2.75, 3.05) is 14.2 Å². The number of halogens is 1. The molecule has 0 aliphatic carbocycles. The predicted octanol–water partition coefficient (Wildman–Crippen LogP) is 0.640. The van der Waals surface area contributed by atoms with Crippen molar-refractivity contribution in [3.05, 3.63) is 40.6 Å². The minimum absolute atomic E-state index is 0.0715. The number of fused-ring (bicyclic) bond motifs is 1. The van der Waals surface area contributed by atoms with E-state index in [1.807, 2.05) is 0 Å². The summed E-state index contributed by atoms with van der Waals surface area (Å²) < 4.78 is 14.0. The Morgan fingerprint density at radius 2 is 2.00 bits per heavy atom. The number of carbonyl (C=O) groups is 4. The third-order valence-corrected chi connectivity index (χ3v) is 3.63. The number of nitrogens with zero attached hydrogens (tertiary/aromatic N) is 1. The Morgan fingerprint density at radius 1 is 1.31 bits per heavy atom. The second kappa shape index (κ2) is 7.98. The van der Waals surface area contributed by atoms with Gasteiger partial charge in [-0.25, -0.2) is 9.59 Å². The van der Waals surface area contributed by atoms with E-state index in [0.717, 1.165) is 20.4 Å². The molecule has 0 fully saturated rings. The highest BCUT2D eigenvalue weighted by molar-refractivity contribution is 6.31. The summed E-state index contributed by atoms with van der Waals surface area (Å²) in [4.78, 5) is 48.6. The summed E-state index contributed by atoms with van der Waals surface area (Å²) in [5.74, 6) is -3.88. The summed E-state index contributed by atoms with van der Waals surface area (Å²) in [7, 11) is 2.18. The van der Waals surface area contributed by atoms with Gasteiger partial charge < -0.3 is 19.3 Å². The molecular weight excluding hydrogens is 370 g/mol. The molecule has 1 amide bonds. The van der Waals surface area contributed by atoms with Crippen molar-refractivity contribution in [2.45, 2.75) is 12.6 Å². The first-order chi connectivity index (χ1) is 12.3. The predicted molar refractivity (Wildman–Crippen MR) is 86.0 cm³/mol. The highest BCUT2D eigenvalue weighted by Crippen LogP contribution is 2.29. The van der Waals surface area contributed by atoms with Crippen molar-refractivity contribution in [1.29, 1.82) is 0 Å². The Kier molecular flexibility index (Phi) is 5.96. The van der Waals surface area contributed by atoms with E-state index in [2.05, 4.69) is 9.47 Å². The average molecular weight is 384 g/mol. The number of rotatable bonds is 4. The van der Waals surface area contributed by atoms with Crippen molar-refractivity contribution in [2.24, 2.45) is 0 Å². The van der Waals surface area contributed by atoms with Gasteiger partial charge in [-0.3, -0.25) is 14.5 Å². The number of aliphatic hydroxyl groups excluding tert-OH is 1. The number of ether oxygens (including phenoxy) is 3. The lowest BCUT2D eigenvalue weighted by atomic mass is 10.1. The van der Waals surface area contributed by atoms with Crippen LogP contribution in [-0.4, -0.2) is 54.3 Å². The minimum Gasteiger partial charge on any atom is -0.469 e. The molecule has 10 heteroatoms. The fourth-order valence-corrected chi connectivity index (χ4v) is 2.27. The molecule has 0 bridgehead atoms. The summed E-state index contributed by atoms with van der Waals surface area (Å²) >= 11 is 5.81. The van der Waals surface area contributed by atoms with E-state index in [4.69, 9.17) is 16.3 Å². The van der Waals surface area contributed by atoms with Gasteiger partial charge in [-0.2, -0.15) is 0 Å². The first-order valence-electron chi connectivity index (χ1n) is 7.16. The first kappa shape index (κ1) is 19.4. The molecule has 1 heterocycles. The number of carbonyl (C=O) groups excluding carboxylic acids is 4. The van der Waals surface area contributed by atoms with Gasteiger partial charge in [0.05, 0.1) is 31.8 Å². The molecule has 1 aliphatic rings. The summed E-state index contributed by atoms with van der Waals surface area (Å²) in [5, 5.41) is 10.3. The lowest BCUT2D eigenvalue weighted by molar-refractivity contribution is -0.149. The van der Waals surface area contributed by atoms with Crippen molar-refractivity contribution in [3.8, 4) is 5.75 Å². The number of hydrogen-bond donors (Lipinski definition) is 1. The van der Waals surface area contributed by atoms with Crippen molar-refractivity contribution in [1.82, 2.24) is 4.90 Å². The molecule has 0 saturated carbocycles. The molecule has 1 unspecified atom stereocenters. The maximum absolute atomic E-state index is 12.7. The molecule has 9 nitrogen and oxygen atoms in total. The van der Waals surface area contributed by atoms with Crippen LogP contribution in [0.2, 0.25) is 5.02 Å². The zero-order valence-electron chi connectivity index (χ0n) is 13.7. The van der Waals surface area contributed by atoms with E-state index in [9.17, 15) is 24.3 Å². The zero-order valence-corrected chi connectivity index (χ0v) is 14.5. The van der Waals surface area contributed by atoms with Crippen molar-refractivity contribution >= 4 is 35.4 Å². The minimum atomic E-state index is -2.05. The number of hydrogen-bond acceptors (Lipinski definition) is 8. The molecule has 0 aromatic heterocycles. The first-order valence-corrected chi connectivity index (χ1v) is 7.54. The highest BCUT2D eigenvalue weighted by atomic mass is 35.5. The second-order valence-electron chi connectivity index (χ2n) is 5.05. The molecule has 1 atom stereocenters. The van der Waals surface area contributed by atoms with Gasteiger partial charge >= 0.3 is 17.9 Å². The van der Waals surface area contributed by atoms with Gasteiger partial charge in [0.1, 0.15) is 5.75 Å². The molecule has 1 aliphatic heterocycles. The molecule has 2 rings (SSSR count). The van der Waals surface area contributed by atoms with E-state index < -0.39 is 36.5 Å². The molecule has 0 radical (unpaired) electrons. The highest BCUT2D eigenvalue weighted by Gasteiger charge is 2.36. The fourth-order valence-electron chi connectivity index (χ4n) is 2.11. The molecule has 1 N–H and O–H groups in total. The molecule has 1 aromatic rings. The van der Waals surface area contributed by atoms with Crippen LogP contribution < -0.4 is 4.74 Å². The van der Waals surface area contributed by atoms with Gasteiger partial charge in [0.15, 0.2) is 0 Å². The number of benzene rings is 1. The van der Waals surface area contributed by atoms with E-state index in [1.165, 1.54) is 18.2 Å². The van der Waals surface area contributed by atoms with Gasteiger partial charge in [-0.05, 0) is 12.1 Å². The SMILES string of the molecule is COC(=O)CC(=CN1C(=O)c2ccc(Cl)cc2OC(=O)C1O)C(=O)OC. The molecule has 0 saturated heterocycles. The van der Waals surface area contributed by atoms with Crippen LogP contribution in [0.1, 0.15) is 16.8 Å². The zero-order chi connectivity index (χ0) is 19.4. The van der Waals surface area contributed by atoms with Crippen molar-refractivity contribution in [3.63, 3.8) is 0 Å². The fraction of sp³-hybridized carbons (Fsp3) is 0.250. The van der Waals surface area contributed by atoms with Gasteiger partial charge in [-0.1, -0.05) is 11.6 Å². The molecule has 138 valence electrons. The quantitative estimate of drug-likeness (QED) is 0.457. The normalized spacial score (nSPS) is 17.2. The summed E-state index contributed by atoms with van der Waals surface area (Å²) in [6.07, 6.45) is -1.74. The number of esters is 3. The topological polar surface area (TPSA) is 119 Å². The van der Waals surface area contributed by atoms with E-state index in [0.29, 0.717) is 4.90 Å². The Labute approximate surface area is 152 Å². The standard InChI is InChI=1S/C16H14ClNO8/c1-24-12(19)5-8(15(22)25-2)7-18-13(20)10-4-3-9(17)6-11(10)26-16(23)14(18)21/h3-4,6-7,14,21H,5H2,1-2H3. The largest absolute Gasteiger partial charge is 0.469 e. The summed E-state index contributed by atoms with van der Waals surface area (Å²) in [5.41, 5.74) is -0.380. The monoisotopic (exact) mass is 383 g/mol. The van der Waals surface area contributed by atoms with Crippen LogP contribution in [0.25, 0.3) is 0 Å². The average Bonchev–Trinajstić information content (AvgIpc) is 2.70. The summed E-state index contributed by atoms with van der Waals surface area (Å²) in [6.45, 7) is 0. The molecule has 1 aromatic carbocycles. The third-order valence-electron chi connectivity index (χ3n) is 3.40. The molecule has 0 spiro atoms. The smallest absolute Gasteiger partial charge is 0.362 e. The third kappa shape index (κ3) is 4.01. The van der Waals surface area contributed by atoms with Gasteiger partial charge in [0, 0.05) is 17.3 Å². The van der Waals surface area contributed by atoms with Gasteiger partial charge in [0.25, 0.3) is 5.91 Å². The Hall–Kier alpha value is -2.91. The van der Waals surface area contributed by atoms with Crippen LogP contribution in [0.5, 0.6) is 5.75 Å². The molecule has 26 heavy (non-hydrogen) atoms. The Balaban J connectivity index is 2.51. The lowest BCUT2D eigenvalue weighted by Crippen LogP contribution is -2.41. The lowest BCUT2D eigenvalue weighted by Gasteiger charge is -2.20. The van der Waals surface area contributed by atoms with Crippen LogP contribution in [0, 0.1) is 0 Å². The van der Waals surface area contributed by atoms with Crippen LogP contribution in [0.15, 0.2) is 30.0 Å². The van der Waals surface area contributed by atoms with Gasteiger partial charge in [0.2, 0.25) is 6.23 Å². The van der Waals surface area contributed by atoms with Gasteiger partial charge in [-0.15, -0.1) is 0 Å². The van der Waals surface area contributed by atoms with E-state index in [1.54, 1.807) is 0 Å². The van der Waals surface area contributed by atoms with Crippen LogP contribution in [0.4, 0.5) is 0 Å². The maximum atomic E-state index is 12.7. The van der Waals surface area contributed by atoms with Crippen LogP contribution in [0.3, 0.4) is 0 Å².